The second-order valence-electron chi connectivity index (χ2n) is 7.46. The van der Waals surface area contributed by atoms with Crippen LogP contribution in [0.4, 0.5) is 0 Å². The van der Waals surface area contributed by atoms with Crippen LogP contribution in [0.2, 0.25) is 0 Å². The Morgan fingerprint density at radius 3 is 2.43 bits per heavy atom. The molecule has 0 unspecified atom stereocenters. The molecule has 28 heavy (non-hydrogen) atoms. The molecule has 0 saturated carbocycles. The second kappa shape index (κ2) is 8.43. The number of hydrogen-bond donors (Lipinski definition) is 0. The van der Waals surface area contributed by atoms with Crippen LogP contribution in [0.15, 0.2) is 29.4 Å². The lowest BCUT2D eigenvalue weighted by molar-refractivity contribution is -0.133. The SMILES string of the molecule is CC(C)N(C(=O)[C@H](C)Sc1nnc([C@H]2COc3ccccc3O2)n1C)C(C)C. The summed E-state index contributed by atoms with van der Waals surface area (Å²) >= 11 is 1.41. The van der Waals surface area contributed by atoms with Crippen molar-refractivity contribution in [2.45, 2.75) is 63.2 Å². The molecule has 0 radical (unpaired) electrons. The van der Waals surface area contributed by atoms with Crippen molar-refractivity contribution in [3.8, 4) is 11.5 Å². The molecular weight excluding hydrogens is 376 g/mol. The lowest BCUT2D eigenvalue weighted by atomic mass is 10.2. The smallest absolute Gasteiger partial charge is 0.236 e. The molecule has 1 aliphatic rings. The van der Waals surface area contributed by atoms with Crippen LogP contribution >= 0.6 is 11.8 Å². The van der Waals surface area contributed by atoms with Gasteiger partial charge in [-0.25, -0.2) is 0 Å². The number of carbonyl (C=O) groups excluding carboxylic acids is 1. The fraction of sp³-hybridized carbons (Fsp3) is 0.550. The lowest BCUT2D eigenvalue weighted by Gasteiger charge is -2.32. The molecule has 0 N–H and O–H groups in total. The highest BCUT2D eigenvalue weighted by atomic mass is 32.2. The van der Waals surface area contributed by atoms with Gasteiger partial charge in [-0.3, -0.25) is 4.79 Å². The largest absolute Gasteiger partial charge is 0.485 e. The molecule has 0 fully saturated rings. The molecule has 1 aromatic carbocycles. The maximum Gasteiger partial charge on any atom is 0.236 e. The zero-order chi connectivity index (χ0) is 20.4. The monoisotopic (exact) mass is 404 g/mol. The number of amides is 1. The fourth-order valence-corrected chi connectivity index (χ4v) is 4.26. The van der Waals surface area contributed by atoms with Gasteiger partial charge in [0.15, 0.2) is 28.6 Å². The molecule has 0 spiro atoms. The van der Waals surface area contributed by atoms with E-state index in [9.17, 15) is 4.79 Å². The third kappa shape index (κ3) is 4.11. The maximum atomic E-state index is 12.9. The van der Waals surface area contributed by atoms with Gasteiger partial charge in [-0.2, -0.15) is 0 Å². The van der Waals surface area contributed by atoms with Crippen LogP contribution in [0.25, 0.3) is 0 Å². The average Bonchev–Trinajstić information content (AvgIpc) is 3.01. The van der Waals surface area contributed by atoms with E-state index in [1.165, 1.54) is 11.8 Å². The number of carbonyl (C=O) groups is 1. The van der Waals surface area contributed by atoms with Gasteiger partial charge in [0.1, 0.15) is 6.61 Å². The van der Waals surface area contributed by atoms with Crippen LogP contribution in [0.3, 0.4) is 0 Å². The topological polar surface area (TPSA) is 69.5 Å². The number of rotatable bonds is 6. The first kappa shape index (κ1) is 20.5. The summed E-state index contributed by atoms with van der Waals surface area (Å²) in [6.07, 6.45) is -0.337. The predicted molar refractivity (Wildman–Crippen MR) is 109 cm³/mol. The predicted octanol–water partition coefficient (Wildman–Crippen LogP) is 3.45. The number of aromatic nitrogens is 3. The summed E-state index contributed by atoms with van der Waals surface area (Å²) in [4.78, 5) is 14.8. The third-order valence-corrected chi connectivity index (χ3v) is 5.78. The molecule has 0 aliphatic carbocycles. The van der Waals surface area contributed by atoms with Gasteiger partial charge >= 0.3 is 0 Å². The highest BCUT2D eigenvalue weighted by Crippen LogP contribution is 2.36. The standard InChI is InChI=1S/C20H28N4O3S/c1-12(2)24(13(3)4)19(25)14(5)28-20-22-21-18(23(20)6)17-11-26-15-9-7-8-10-16(15)27-17/h7-10,12-14,17H,11H2,1-6H3/t14-,17+/m0/s1. The molecule has 8 heteroatoms. The highest BCUT2D eigenvalue weighted by molar-refractivity contribution is 8.00. The summed E-state index contributed by atoms with van der Waals surface area (Å²) in [7, 11) is 1.89. The van der Waals surface area contributed by atoms with E-state index in [-0.39, 0.29) is 29.3 Å². The average molecular weight is 405 g/mol. The van der Waals surface area contributed by atoms with E-state index in [0.29, 0.717) is 23.3 Å². The molecule has 1 aliphatic heterocycles. The molecule has 2 aromatic rings. The second-order valence-corrected chi connectivity index (χ2v) is 8.77. The van der Waals surface area contributed by atoms with Gasteiger partial charge in [-0.15, -0.1) is 10.2 Å². The maximum absolute atomic E-state index is 12.9. The zero-order valence-corrected chi connectivity index (χ0v) is 18.1. The molecule has 1 aromatic heterocycles. The molecule has 3 rings (SSSR count). The number of para-hydroxylation sites is 2. The Morgan fingerprint density at radius 2 is 1.79 bits per heavy atom. The van der Waals surface area contributed by atoms with Crippen molar-refractivity contribution in [1.82, 2.24) is 19.7 Å². The minimum Gasteiger partial charge on any atom is -0.485 e. The van der Waals surface area contributed by atoms with Gasteiger partial charge in [-0.05, 0) is 46.8 Å². The van der Waals surface area contributed by atoms with Crippen LogP contribution in [0.1, 0.15) is 46.5 Å². The van der Waals surface area contributed by atoms with Crippen molar-refractivity contribution >= 4 is 17.7 Å². The van der Waals surface area contributed by atoms with E-state index < -0.39 is 0 Å². The summed E-state index contributed by atoms with van der Waals surface area (Å²) < 4.78 is 13.7. The van der Waals surface area contributed by atoms with E-state index in [1.807, 2.05) is 75.4 Å². The highest BCUT2D eigenvalue weighted by Gasteiger charge is 2.30. The lowest BCUT2D eigenvalue weighted by Crippen LogP contribution is -2.45. The van der Waals surface area contributed by atoms with Crippen molar-refractivity contribution in [1.29, 1.82) is 0 Å². The summed E-state index contributed by atoms with van der Waals surface area (Å²) in [5.41, 5.74) is 0. The molecule has 2 heterocycles. The zero-order valence-electron chi connectivity index (χ0n) is 17.2. The summed E-state index contributed by atoms with van der Waals surface area (Å²) in [5.74, 6) is 2.22. The van der Waals surface area contributed by atoms with Crippen molar-refractivity contribution < 1.29 is 14.3 Å². The van der Waals surface area contributed by atoms with Gasteiger partial charge in [-0.1, -0.05) is 23.9 Å². The Kier molecular flexibility index (Phi) is 6.17. The minimum atomic E-state index is -0.337. The molecule has 1 amide bonds. The first-order valence-corrected chi connectivity index (χ1v) is 10.4. The van der Waals surface area contributed by atoms with Gasteiger partial charge in [0.05, 0.1) is 5.25 Å². The van der Waals surface area contributed by atoms with E-state index in [1.54, 1.807) is 0 Å². The molecule has 7 nitrogen and oxygen atoms in total. The van der Waals surface area contributed by atoms with Crippen LogP contribution < -0.4 is 9.47 Å². The first-order valence-electron chi connectivity index (χ1n) is 9.56. The van der Waals surface area contributed by atoms with Gasteiger partial charge in [0.2, 0.25) is 5.91 Å². The molecule has 152 valence electrons. The Bertz CT molecular complexity index is 829. The number of hydrogen-bond acceptors (Lipinski definition) is 6. The molecule has 2 atom stereocenters. The first-order chi connectivity index (χ1) is 13.3. The van der Waals surface area contributed by atoms with Crippen molar-refractivity contribution in [2.24, 2.45) is 7.05 Å². The summed E-state index contributed by atoms with van der Waals surface area (Å²) in [5, 5.41) is 9.02. The summed E-state index contributed by atoms with van der Waals surface area (Å²) in [6.45, 7) is 10.4. The van der Waals surface area contributed by atoms with Crippen molar-refractivity contribution in [3.63, 3.8) is 0 Å². The number of nitrogens with zero attached hydrogens (tertiary/aromatic N) is 4. The van der Waals surface area contributed by atoms with Gasteiger partial charge in [0.25, 0.3) is 0 Å². The number of ether oxygens (including phenoxy) is 2. The number of fused-ring (bicyclic) bond motifs is 1. The molecular formula is C20H28N4O3S. The van der Waals surface area contributed by atoms with E-state index >= 15 is 0 Å². The number of benzene rings is 1. The Balaban J connectivity index is 1.72. The third-order valence-electron chi connectivity index (χ3n) is 4.66. The fourth-order valence-electron chi connectivity index (χ4n) is 3.38. The Labute approximate surface area is 170 Å². The van der Waals surface area contributed by atoms with Gasteiger partial charge in [0, 0.05) is 19.1 Å². The van der Waals surface area contributed by atoms with Crippen molar-refractivity contribution in [2.75, 3.05) is 6.61 Å². The Hall–Kier alpha value is -2.22. The van der Waals surface area contributed by atoms with E-state index in [2.05, 4.69) is 10.2 Å². The van der Waals surface area contributed by atoms with E-state index in [0.717, 1.165) is 5.75 Å². The van der Waals surface area contributed by atoms with Gasteiger partial charge < -0.3 is 18.9 Å². The summed E-state index contributed by atoms with van der Waals surface area (Å²) in [6, 6.07) is 7.88. The number of thioether (sulfide) groups is 1. The quantitative estimate of drug-likeness (QED) is 0.687. The normalized spacial score (nSPS) is 17.1. The molecule has 0 saturated heterocycles. The van der Waals surface area contributed by atoms with E-state index in [4.69, 9.17) is 9.47 Å². The minimum absolute atomic E-state index is 0.103. The van der Waals surface area contributed by atoms with Crippen LogP contribution in [-0.2, 0) is 11.8 Å². The van der Waals surface area contributed by atoms with Crippen LogP contribution in [0, 0.1) is 0 Å². The van der Waals surface area contributed by atoms with Crippen LogP contribution in [-0.4, -0.2) is 49.5 Å². The van der Waals surface area contributed by atoms with Crippen LogP contribution in [0.5, 0.6) is 11.5 Å². The molecule has 0 bridgehead atoms. The van der Waals surface area contributed by atoms with Crippen molar-refractivity contribution in [3.05, 3.63) is 30.1 Å². The Morgan fingerprint density at radius 1 is 1.14 bits per heavy atom.